The Balaban J connectivity index is 1.70. The maximum absolute atomic E-state index is 13.4. The molecule has 208 valence electrons. The van der Waals surface area contributed by atoms with Gasteiger partial charge in [0, 0.05) is 30.0 Å². The minimum atomic E-state index is -3.56. The Morgan fingerprint density at radius 3 is 2.42 bits per heavy atom. The molecule has 0 spiro atoms. The Hall–Kier alpha value is -2.59. The molecule has 1 N–H and O–H groups in total. The molecule has 3 rings (SSSR count). The number of nitrogens with one attached hydrogen (secondary N) is 1. The summed E-state index contributed by atoms with van der Waals surface area (Å²) in [5.41, 5.74) is 1.42. The molecule has 2 aromatic rings. The first-order chi connectivity index (χ1) is 18.1. The summed E-state index contributed by atoms with van der Waals surface area (Å²) in [6.07, 6.45) is 5.70. The summed E-state index contributed by atoms with van der Waals surface area (Å²) >= 11 is 3.47. The number of carbonyl (C=O) groups excluding carboxylic acids is 2. The molecule has 1 saturated carbocycles. The zero-order valence-electron chi connectivity index (χ0n) is 22.4. The van der Waals surface area contributed by atoms with E-state index in [0.29, 0.717) is 24.5 Å². The molecule has 0 bridgehead atoms. The highest BCUT2D eigenvalue weighted by molar-refractivity contribution is 9.10. The number of hydrogen-bond donors (Lipinski definition) is 1. The fourth-order valence-corrected chi connectivity index (χ4v) is 6.10. The monoisotopic (exact) mass is 607 g/mol. The van der Waals surface area contributed by atoms with Crippen LogP contribution in [0.2, 0.25) is 0 Å². The number of anilines is 1. The van der Waals surface area contributed by atoms with E-state index in [9.17, 15) is 18.0 Å². The Labute approximate surface area is 234 Å². The van der Waals surface area contributed by atoms with Crippen LogP contribution >= 0.6 is 15.9 Å². The second-order valence-electron chi connectivity index (χ2n) is 9.68. The molecule has 0 aromatic heterocycles. The van der Waals surface area contributed by atoms with Gasteiger partial charge in [0.2, 0.25) is 21.8 Å². The fraction of sp³-hybridized carbons (Fsp3) is 0.500. The predicted molar refractivity (Wildman–Crippen MR) is 154 cm³/mol. The molecule has 0 aliphatic heterocycles. The van der Waals surface area contributed by atoms with Crippen LogP contribution in [0.4, 0.5) is 5.69 Å². The normalized spacial score (nSPS) is 14.6. The van der Waals surface area contributed by atoms with Crippen molar-refractivity contribution in [1.29, 1.82) is 0 Å². The Kier molecular flexibility index (Phi) is 11.0. The van der Waals surface area contributed by atoms with E-state index in [1.165, 1.54) is 4.31 Å². The number of hydrogen-bond acceptors (Lipinski definition) is 5. The highest BCUT2D eigenvalue weighted by Gasteiger charge is 2.28. The van der Waals surface area contributed by atoms with Gasteiger partial charge in [-0.05, 0) is 75.1 Å². The van der Waals surface area contributed by atoms with Crippen molar-refractivity contribution in [2.45, 2.75) is 71.0 Å². The zero-order valence-corrected chi connectivity index (χ0v) is 24.8. The second-order valence-corrected chi connectivity index (χ2v) is 12.5. The van der Waals surface area contributed by atoms with Crippen LogP contribution in [-0.2, 0) is 26.2 Å². The van der Waals surface area contributed by atoms with Gasteiger partial charge >= 0.3 is 0 Å². The van der Waals surface area contributed by atoms with Gasteiger partial charge in [-0.25, -0.2) is 8.42 Å². The molecule has 2 aromatic carbocycles. The van der Waals surface area contributed by atoms with Crippen molar-refractivity contribution in [3.8, 4) is 5.75 Å². The lowest BCUT2D eigenvalue weighted by molar-refractivity contribution is -0.141. The summed E-state index contributed by atoms with van der Waals surface area (Å²) in [6.45, 7) is 4.58. The smallest absolute Gasteiger partial charge is 0.242 e. The third kappa shape index (κ3) is 8.73. The first-order valence-corrected chi connectivity index (χ1v) is 15.8. The average Bonchev–Trinajstić information content (AvgIpc) is 3.38. The largest absolute Gasteiger partial charge is 0.494 e. The first kappa shape index (κ1) is 30.0. The van der Waals surface area contributed by atoms with E-state index in [-0.39, 0.29) is 37.4 Å². The number of benzene rings is 2. The van der Waals surface area contributed by atoms with Crippen molar-refractivity contribution < 1.29 is 22.7 Å². The fourth-order valence-electron chi connectivity index (χ4n) is 4.69. The highest BCUT2D eigenvalue weighted by atomic mass is 79.9. The molecule has 0 heterocycles. The van der Waals surface area contributed by atoms with Gasteiger partial charge in [0.15, 0.2) is 0 Å². The number of halogens is 1. The predicted octanol–water partition coefficient (Wildman–Crippen LogP) is 4.87. The molecule has 2 amide bonds. The van der Waals surface area contributed by atoms with Crippen LogP contribution in [0.5, 0.6) is 5.75 Å². The minimum absolute atomic E-state index is 0.109. The topological polar surface area (TPSA) is 96.0 Å². The van der Waals surface area contributed by atoms with Crippen LogP contribution in [-0.4, -0.2) is 56.6 Å². The summed E-state index contributed by atoms with van der Waals surface area (Å²) in [4.78, 5) is 28.1. The van der Waals surface area contributed by atoms with Gasteiger partial charge in [0.05, 0.1) is 18.6 Å². The summed E-state index contributed by atoms with van der Waals surface area (Å²) in [5.74, 6) is 0.305. The third-order valence-electron chi connectivity index (χ3n) is 6.70. The molecule has 1 atom stereocenters. The average molecular weight is 609 g/mol. The van der Waals surface area contributed by atoms with Crippen LogP contribution in [0.15, 0.2) is 53.0 Å². The number of amides is 2. The SMILES string of the molecule is CCOc1ccc(N(CCCC(=O)N(Cc2cccc(Br)c2)[C@@H](C)C(=O)NC2CCCC2)S(C)(=O)=O)cc1. The molecule has 1 aliphatic carbocycles. The molecule has 0 unspecified atom stereocenters. The molecule has 0 radical (unpaired) electrons. The van der Waals surface area contributed by atoms with Gasteiger partial charge < -0.3 is 15.0 Å². The summed E-state index contributed by atoms with van der Waals surface area (Å²) in [6, 6.07) is 14.0. The van der Waals surface area contributed by atoms with Crippen molar-refractivity contribution in [3.63, 3.8) is 0 Å². The quantitative estimate of drug-likeness (QED) is 0.350. The summed E-state index contributed by atoms with van der Waals surface area (Å²) < 4.78 is 32.7. The van der Waals surface area contributed by atoms with Crippen LogP contribution < -0.4 is 14.4 Å². The van der Waals surface area contributed by atoms with Gasteiger partial charge in [-0.3, -0.25) is 13.9 Å². The standard InChI is InChI=1S/C28H38BrN3O5S/c1-4-37-26-16-14-25(15-17-26)32(38(3,35)36)18-8-13-27(33)31(20-22-9-7-10-23(29)19-22)21(2)28(34)30-24-11-5-6-12-24/h7,9-10,14-17,19,21,24H,4-6,8,11-13,18,20H2,1-3H3,(H,30,34)/t21-/m0/s1. The number of ether oxygens (including phenoxy) is 1. The van der Waals surface area contributed by atoms with E-state index in [2.05, 4.69) is 21.2 Å². The van der Waals surface area contributed by atoms with Gasteiger partial charge in [0.25, 0.3) is 0 Å². The first-order valence-electron chi connectivity index (χ1n) is 13.1. The van der Waals surface area contributed by atoms with E-state index < -0.39 is 16.1 Å². The zero-order chi connectivity index (χ0) is 27.7. The van der Waals surface area contributed by atoms with E-state index >= 15 is 0 Å². The molecular weight excluding hydrogens is 570 g/mol. The molecular formula is C28H38BrN3O5S. The van der Waals surface area contributed by atoms with Gasteiger partial charge in [-0.1, -0.05) is 40.9 Å². The highest BCUT2D eigenvalue weighted by Crippen LogP contribution is 2.23. The molecule has 1 aliphatic rings. The molecule has 38 heavy (non-hydrogen) atoms. The second kappa shape index (κ2) is 14.0. The summed E-state index contributed by atoms with van der Waals surface area (Å²) in [5, 5.41) is 3.10. The number of nitrogens with zero attached hydrogens (tertiary/aromatic N) is 2. The summed E-state index contributed by atoms with van der Waals surface area (Å²) in [7, 11) is -3.56. The molecule has 0 saturated heterocycles. The van der Waals surface area contributed by atoms with E-state index in [1.807, 2.05) is 31.2 Å². The van der Waals surface area contributed by atoms with Crippen LogP contribution in [0.3, 0.4) is 0 Å². The Morgan fingerprint density at radius 1 is 1.13 bits per heavy atom. The van der Waals surface area contributed by atoms with Crippen molar-refractivity contribution in [1.82, 2.24) is 10.2 Å². The van der Waals surface area contributed by atoms with Crippen molar-refractivity contribution >= 4 is 43.5 Å². The van der Waals surface area contributed by atoms with Gasteiger partial charge in [0.1, 0.15) is 11.8 Å². The lowest BCUT2D eigenvalue weighted by Crippen LogP contribution is -2.49. The van der Waals surface area contributed by atoms with Gasteiger partial charge in [-0.2, -0.15) is 0 Å². The minimum Gasteiger partial charge on any atom is -0.494 e. The molecule has 10 heteroatoms. The van der Waals surface area contributed by atoms with Crippen molar-refractivity contribution in [2.75, 3.05) is 23.7 Å². The lowest BCUT2D eigenvalue weighted by Gasteiger charge is -2.30. The van der Waals surface area contributed by atoms with Gasteiger partial charge in [-0.15, -0.1) is 0 Å². The number of rotatable bonds is 13. The maximum atomic E-state index is 13.4. The van der Waals surface area contributed by atoms with Crippen LogP contribution in [0.1, 0.15) is 57.9 Å². The Bertz CT molecular complexity index is 1180. The van der Waals surface area contributed by atoms with Crippen molar-refractivity contribution in [2.24, 2.45) is 0 Å². The number of carbonyl (C=O) groups is 2. The molecule has 1 fully saturated rings. The van der Waals surface area contributed by atoms with E-state index in [0.717, 1.165) is 42.0 Å². The lowest BCUT2D eigenvalue weighted by atomic mass is 10.1. The number of sulfonamides is 1. The van der Waals surface area contributed by atoms with Crippen molar-refractivity contribution in [3.05, 3.63) is 58.6 Å². The van der Waals surface area contributed by atoms with E-state index in [4.69, 9.17) is 4.74 Å². The van der Waals surface area contributed by atoms with E-state index in [1.54, 1.807) is 36.1 Å². The molecule has 8 nitrogen and oxygen atoms in total. The third-order valence-corrected chi connectivity index (χ3v) is 8.39. The Morgan fingerprint density at radius 2 is 1.82 bits per heavy atom. The van der Waals surface area contributed by atoms with Crippen LogP contribution in [0, 0.1) is 0 Å². The maximum Gasteiger partial charge on any atom is 0.242 e. The van der Waals surface area contributed by atoms with Crippen LogP contribution in [0.25, 0.3) is 0 Å².